The van der Waals surface area contributed by atoms with Gasteiger partial charge in [-0.05, 0) is 24.6 Å². The lowest BCUT2D eigenvalue weighted by molar-refractivity contribution is 0.0950. The number of carbonyl (C=O) groups is 1. The Morgan fingerprint density at radius 3 is 2.28 bits per heavy atom. The van der Waals surface area contributed by atoms with Gasteiger partial charge in [0.25, 0.3) is 5.91 Å². The first-order valence-corrected chi connectivity index (χ1v) is 8.08. The Kier molecular flexibility index (Phi) is 5.04. The Hall–Kier alpha value is -3.21. The number of benzene rings is 2. The monoisotopic (exact) mass is 332 g/mol. The number of rotatable bonds is 5. The van der Waals surface area contributed by atoms with Gasteiger partial charge in [-0.25, -0.2) is 9.97 Å². The lowest BCUT2D eigenvalue weighted by Crippen LogP contribution is -2.23. The second-order valence-corrected chi connectivity index (χ2v) is 5.83. The topological polar surface area (TPSA) is 58.1 Å². The van der Waals surface area contributed by atoms with E-state index in [4.69, 9.17) is 0 Å². The molecule has 0 aliphatic rings. The van der Waals surface area contributed by atoms with Crippen LogP contribution >= 0.6 is 0 Å². The third-order valence-electron chi connectivity index (χ3n) is 3.92. The van der Waals surface area contributed by atoms with Crippen LogP contribution in [0.2, 0.25) is 0 Å². The van der Waals surface area contributed by atoms with E-state index >= 15 is 0 Å². The maximum atomic E-state index is 12.2. The molecule has 3 rings (SSSR count). The molecule has 3 aromatic rings. The number of carbonyl (C=O) groups excluding carboxylic acids is 1. The van der Waals surface area contributed by atoms with Gasteiger partial charge in [-0.2, -0.15) is 0 Å². The molecule has 2 aromatic carbocycles. The minimum Gasteiger partial charge on any atom is -0.348 e. The minimum atomic E-state index is -0.186. The third-order valence-corrected chi connectivity index (χ3v) is 3.92. The number of para-hydroxylation sites is 1. The molecule has 0 saturated carbocycles. The van der Waals surface area contributed by atoms with Gasteiger partial charge in [-0.15, -0.1) is 0 Å². The second kappa shape index (κ2) is 7.57. The van der Waals surface area contributed by atoms with E-state index in [2.05, 4.69) is 15.3 Å². The summed E-state index contributed by atoms with van der Waals surface area (Å²) in [5.74, 6) is 0.357. The van der Waals surface area contributed by atoms with E-state index in [0.717, 1.165) is 11.3 Å². The van der Waals surface area contributed by atoms with Gasteiger partial charge in [0, 0.05) is 31.7 Å². The number of nitrogens with zero attached hydrogens (tertiary/aromatic N) is 3. The molecule has 0 fully saturated rings. The molecule has 0 atom stereocenters. The summed E-state index contributed by atoms with van der Waals surface area (Å²) in [4.78, 5) is 22.7. The predicted octanol–water partition coefficient (Wildman–Crippen LogP) is 3.48. The van der Waals surface area contributed by atoms with Gasteiger partial charge in [0.1, 0.15) is 0 Å². The van der Waals surface area contributed by atoms with Crippen LogP contribution in [0.4, 0.5) is 11.6 Å². The van der Waals surface area contributed by atoms with Gasteiger partial charge in [0.05, 0.1) is 5.56 Å². The van der Waals surface area contributed by atoms with Gasteiger partial charge >= 0.3 is 0 Å². The van der Waals surface area contributed by atoms with E-state index in [1.165, 1.54) is 5.56 Å². The first-order valence-electron chi connectivity index (χ1n) is 8.08. The zero-order chi connectivity index (χ0) is 17.6. The second-order valence-electron chi connectivity index (χ2n) is 5.83. The molecule has 0 radical (unpaired) electrons. The van der Waals surface area contributed by atoms with Crippen molar-refractivity contribution in [2.75, 3.05) is 11.9 Å². The van der Waals surface area contributed by atoms with Crippen molar-refractivity contribution in [1.82, 2.24) is 15.3 Å². The summed E-state index contributed by atoms with van der Waals surface area (Å²) < 4.78 is 0. The molecule has 0 aliphatic carbocycles. The molecule has 0 unspecified atom stereocenters. The number of nitrogens with one attached hydrogen (secondary N) is 1. The molecular formula is C20H20N4O. The number of aryl methyl sites for hydroxylation is 1. The van der Waals surface area contributed by atoms with Crippen LogP contribution < -0.4 is 10.2 Å². The summed E-state index contributed by atoms with van der Waals surface area (Å²) in [5.41, 5.74) is 3.68. The molecule has 1 aromatic heterocycles. The van der Waals surface area contributed by atoms with Gasteiger partial charge in [0.2, 0.25) is 5.95 Å². The standard InChI is InChI=1S/C20H20N4O/c1-15-8-10-16(11-9-15)12-21-19(25)17-13-22-20(23-14-17)24(2)18-6-4-3-5-7-18/h3-11,13-14H,12H2,1-2H3,(H,21,25). The van der Waals surface area contributed by atoms with Crippen LogP contribution in [-0.4, -0.2) is 22.9 Å². The predicted molar refractivity (Wildman–Crippen MR) is 98.9 cm³/mol. The van der Waals surface area contributed by atoms with Crippen molar-refractivity contribution in [3.8, 4) is 0 Å². The van der Waals surface area contributed by atoms with Gasteiger partial charge in [-0.3, -0.25) is 4.79 Å². The Labute approximate surface area is 147 Å². The molecular weight excluding hydrogens is 312 g/mol. The van der Waals surface area contributed by atoms with Crippen LogP contribution in [0.5, 0.6) is 0 Å². The van der Waals surface area contributed by atoms with Gasteiger partial charge < -0.3 is 10.2 Å². The summed E-state index contributed by atoms with van der Waals surface area (Å²) in [6, 6.07) is 17.9. The van der Waals surface area contributed by atoms with E-state index in [0.29, 0.717) is 18.1 Å². The summed E-state index contributed by atoms with van der Waals surface area (Å²) in [6.07, 6.45) is 3.10. The van der Waals surface area contributed by atoms with Crippen LogP contribution in [0.15, 0.2) is 67.0 Å². The fourth-order valence-electron chi connectivity index (χ4n) is 2.37. The van der Waals surface area contributed by atoms with Crippen molar-refractivity contribution in [2.24, 2.45) is 0 Å². The van der Waals surface area contributed by atoms with Gasteiger partial charge in [0.15, 0.2) is 0 Å². The molecule has 0 bridgehead atoms. The zero-order valence-corrected chi connectivity index (χ0v) is 14.3. The molecule has 1 heterocycles. The number of hydrogen-bond acceptors (Lipinski definition) is 4. The highest BCUT2D eigenvalue weighted by Gasteiger charge is 2.10. The van der Waals surface area contributed by atoms with Crippen molar-refractivity contribution >= 4 is 17.5 Å². The summed E-state index contributed by atoms with van der Waals surface area (Å²) >= 11 is 0. The molecule has 1 amide bonds. The van der Waals surface area contributed by atoms with Crippen molar-refractivity contribution in [3.63, 3.8) is 0 Å². The maximum absolute atomic E-state index is 12.2. The van der Waals surface area contributed by atoms with Crippen LogP contribution in [0.25, 0.3) is 0 Å². The van der Waals surface area contributed by atoms with Crippen molar-refractivity contribution < 1.29 is 4.79 Å². The zero-order valence-electron chi connectivity index (χ0n) is 14.3. The highest BCUT2D eigenvalue weighted by Crippen LogP contribution is 2.18. The fourth-order valence-corrected chi connectivity index (χ4v) is 2.37. The molecule has 0 saturated heterocycles. The first kappa shape index (κ1) is 16.6. The Balaban J connectivity index is 1.63. The SMILES string of the molecule is Cc1ccc(CNC(=O)c2cnc(N(C)c3ccccc3)nc2)cc1. The number of amides is 1. The Bertz CT molecular complexity index is 830. The highest BCUT2D eigenvalue weighted by molar-refractivity contribution is 5.93. The third kappa shape index (κ3) is 4.20. The number of hydrogen-bond donors (Lipinski definition) is 1. The van der Waals surface area contributed by atoms with E-state index < -0.39 is 0 Å². The number of aromatic nitrogens is 2. The number of anilines is 2. The van der Waals surface area contributed by atoms with E-state index in [9.17, 15) is 4.79 Å². The quantitative estimate of drug-likeness (QED) is 0.777. The van der Waals surface area contributed by atoms with Crippen molar-refractivity contribution in [3.05, 3.63) is 83.7 Å². The highest BCUT2D eigenvalue weighted by atomic mass is 16.1. The fraction of sp³-hybridized carbons (Fsp3) is 0.150. The van der Waals surface area contributed by atoms with E-state index in [1.54, 1.807) is 12.4 Å². The molecule has 5 heteroatoms. The van der Waals surface area contributed by atoms with Crippen molar-refractivity contribution in [1.29, 1.82) is 0 Å². The molecule has 5 nitrogen and oxygen atoms in total. The van der Waals surface area contributed by atoms with E-state index in [1.807, 2.05) is 73.5 Å². The van der Waals surface area contributed by atoms with Crippen LogP contribution in [0.3, 0.4) is 0 Å². The minimum absolute atomic E-state index is 0.186. The molecule has 1 N–H and O–H groups in total. The summed E-state index contributed by atoms with van der Waals surface area (Å²) in [7, 11) is 1.89. The average Bonchev–Trinajstić information content (AvgIpc) is 2.67. The van der Waals surface area contributed by atoms with Crippen LogP contribution in [0, 0.1) is 6.92 Å². The lowest BCUT2D eigenvalue weighted by atomic mass is 10.1. The molecule has 0 spiro atoms. The molecule has 25 heavy (non-hydrogen) atoms. The Morgan fingerprint density at radius 1 is 1.00 bits per heavy atom. The van der Waals surface area contributed by atoms with Gasteiger partial charge in [-0.1, -0.05) is 48.0 Å². The van der Waals surface area contributed by atoms with Crippen LogP contribution in [0.1, 0.15) is 21.5 Å². The molecule has 0 aliphatic heterocycles. The average molecular weight is 332 g/mol. The lowest BCUT2D eigenvalue weighted by Gasteiger charge is -2.16. The first-order chi connectivity index (χ1) is 12.1. The summed E-state index contributed by atoms with van der Waals surface area (Å²) in [5, 5.41) is 2.88. The van der Waals surface area contributed by atoms with Crippen molar-refractivity contribution in [2.45, 2.75) is 13.5 Å². The summed E-state index contributed by atoms with van der Waals surface area (Å²) in [6.45, 7) is 2.51. The smallest absolute Gasteiger partial charge is 0.254 e. The molecule has 126 valence electrons. The normalized spacial score (nSPS) is 10.3. The van der Waals surface area contributed by atoms with Crippen LogP contribution in [-0.2, 0) is 6.54 Å². The largest absolute Gasteiger partial charge is 0.348 e. The Morgan fingerprint density at radius 2 is 1.64 bits per heavy atom. The van der Waals surface area contributed by atoms with E-state index in [-0.39, 0.29) is 5.91 Å². The maximum Gasteiger partial charge on any atom is 0.254 e.